The highest BCUT2D eigenvalue weighted by Gasteiger charge is 2.26. The Morgan fingerprint density at radius 2 is 0.755 bits per heavy atom. The van der Waals surface area contributed by atoms with Crippen molar-refractivity contribution in [2.24, 2.45) is 23.7 Å². The molecule has 0 saturated carbocycles. The summed E-state index contributed by atoms with van der Waals surface area (Å²) in [5, 5.41) is 3.63. The van der Waals surface area contributed by atoms with Crippen LogP contribution in [0.3, 0.4) is 0 Å². The van der Waals surface area contributed by atoms with Gasteiger partial charge in [-0.25, -0.2) is 0 Å². The summed E-state index contributed by atoms with van der Waals surface area (Å²) in [5.41, 5.74) is 0. The lowest BCUT2D eigenvalue weighted by atomic mass is 9.87. The molecule has 4 atom stereocenters. The Labute approximate surface area is 306 Å². The molecule has 0 spiro atoms. The van der Waals surface area contributed by atoms with E-state index in [0.29, 0.717) is 25.0 Å². The second-order valence-corrected chi connectivity index (χ2v) is 15.7. The van der Waals surface area contributed by atoms with Gasteiger partial charge in [0.2, 0.25) is 0 Å². The quantitative estimate of drug-likeness (QED) is 0.0523. The first kappa shape index (κ1) is 45.9. The van der Waals surface area contributed by atoms with Gasteiger partial charge in [0.05, 0.1) is 25.0 Å². The molecule has 5 nitrogen and oxygen atoms in total. The van der Waals surface area contributed by atoms with Gasteiger partial charge in [-0.2, -0.15) is 0 Å². The molecule has 0 aromatic heterocycles. The number of unbranched alkanes of at least 4 members (excludes halogenated alkanes) is 18. The second-order valence-electron chi connectivity index (χ2n) is 15.7. The Balaban J connectivity index is 2.29. The molecule has 49 heavy (non-hydrogen) atoms. The molecule has 0 amide bonds. The van der Waals surface area contributed by atoms with Gasteiger partial charge in [0.1, 0.15) is 0 Å². The number of hydrogen-bond acceptors (Lipinski definition) is 5. The van der Waals surface area contributed by atoms with Crippen LogP contribution in [0.4, 0.5) is 0 Å². The summed E-state index contributed by atoms with van der Waals surface area (Å²) >= 11 is 0. The van der Waals surface area contributed by atoms with Crippen molar-refractivity contribution in [2.75, 3.05) is 26.3 Å². The third-order valence-corrected chi connectivity index (χ3v) is 11.2. The third kappa shape index (κ3) is 25.5. The molecule has 1 saturated heterocycles. The largest absolute Gasteiger partial charge is 0.465 e. The van der Waals surface area contributed by atoms with Gasteiger partial charge in [0, 0.05) is 0 Å². The van der Waals surface area contributed by atoms with E-state index < -0.39 is 0 Å². The summed E-state index contributed by atoms with van der Waals surface area (Å²) in [6.45, 7) is 12.4. The Bertz CT molecular complexity index is 682. The monoisotopic (exact) mass is 692 g/mol. The first-order chi connectivity index (χ1) is 24.1. The van der Waals surface area contributed by atoms with E-state index in [4.69, 9.17) is 9.47 Å². The maximum absolute atomic E-state index is 13.0. The molecule has 290 valence electrons. The number of ether oxygens (including phenoxy) is 2. The van der Waals surface area contributed by atoms with E-state index in [-0.39, 0.29) is 23.8 Å². The molecule has 0 aromatic rings. The predicted octanol–water partition coefficient (Wildman–Crippen LogP) is 12.9. The van der Waals surface area contributed by atoms with Crippen LogP contribution in [0.2, 0.25) is 0 Å². The molecule has 4 unspecified atom stereocenters. The molecule has 1 aliphatic heterocycles. The van der Waals surface area contributed by atoms with E-state index in [0.717, 1.165) is 90.1 Å². The Morgan fingerprint density at radius 1 is 0.449 bits per heavy atom. The Hall–Kier alpha value is -1.10. The number of rotatable bonds is 36. The summed E-state index contributed by atoms with van der Waals surface area (Å²) in [5.74, 6) is 1.75. The van der Waals surface area contributed by atoms with Crippen LogP contribution in [0.15, 0.2) is 0 Å². The molecule has 0 aliphatic carbocycles. The fourth-order valence-corrected chi connectivity index (χ4v) is 7.80. The zero-order chi connectivity index (χ0) is 35.6. The van der Waals surface area contributed by atoms with Gasteiger partial charge in [-0.1, -0.05) is 156 Å². The SMILES string of the molecule is CCCCCCCCC(CCCCCC)C(=O)OCCCCC1CNCC1CCCCOC(=O)C(CCCCCC)CCCCCCCC. The van der Waals surface area contributed by atoms with Crippen LogP contribution in [-0.4, -0.2) is 38.2 Å². The average molecular weight is 692 g/mol. The standard InChI is InChI=1S/C44H85NO4/c1-5-9-13-17-19-23-31-39(29-21-15-11-7-3)43(46)48-35-27-25-33-41-37-45-38-42(41)34-26-28-36-49-44(47)40(30-22-16-12-8-4)32-24-20-18-14-10-6-2/h39-42,45H,5-38H2,1-4H3. The van der Waals surface area contributed by atoms with Crippen molar-refractivity contribution in [3.05, 3.63) is 0 Å². The minimum atomic E-state index is 0.0661. The van der Waals surface area contributed by atoms with Crippen molar-refractivity contribution in [3.8, 4) is 0 Å². The van der Waals surface area contributed by atoms with Crippen molar-refractivity contribution >= 4 is 11.9 Å². The van der Waals surface area contributed by atoms with Gasteiger partial charge in [0.25, 0.3) is 0 Å². The van der Waals surface area contributed by atoms with Crippen molar-refractivity contribution in [2.45, 2.75) is 220 Å². The summed E-state index contributed by atoms with van der Waals surface area (Å²) in [6, 6.07) is 0. The molecular weight excluding hydrogens is 606 g/mol. The molecule has 1 fully saturated rings. The minimum Gasteiger partial charge on any atom is -0.465 e. The van der Waals surface area contributed by atoms with E-state index in [1.165, 1.54) is 116 Å². The fourth-order valence-electron chi connectivity index (χ4n) is 7.80. The van der Waals surface area contributed by atoms with Crippen molar-refractivity contribution in [1.29, 1.82) is 0 Å². The Morgan fingerprint density at radius 3 is 1.10 bits per heavy atom. The number of carbonyl (C=O) groups is 2. The normalized spacial score (nSPS) is 17.3. The van der Waals surface area contributed by atoms with Crippen LogP contribution in [-0.2, 0) is 19.1 Å². The molecule has 1 N–H and O–H groups in total. The zero-order valence-corrected chi connectivity index (χ0v) is 33.5. The van der Waals surface area contributed by atoms with Crippen molar-refractivity contribution in [1.82, 2.24) is 5.32 Å². The minimum absolute atomic E-state index is 0.0661. The summed E-state index contributed by atoms with van der Waals surface area (Å²) < 4.78 is 11.7. The summed E-state index contributed by atoms with van der Waals surface area (Å²) in [4.78, 5) is 26.0. The zero-order valence-electron chi connectivity index (χ0n) is 33.5. The number of carbonyl (C=O) groups excluding carboxylic acids is 2. The molecule has 5 heteroatoms. The van der Waals surface area contributed by atoms with Crippen molar-refractivity contribution in [3.63, 3.8) is 0 Å². The van der Waals surface area contributed by atoms with E-state index in [1.54, 1.807) is 0 Å². The molecule has 1 rings (SSSR count). The summed E-state index contributed by atoms with van der Waals surface area (Å²) in [7, 11) is 0. The molecular formula is C44H85NO4. The van der Waals surface area contributed by atoms with Crippen LogP contribution < -0.4 is 5.32 Å². The lowest BCUT2D eigenvalue weighted by molar-refractivity contribution is -0.150. The van der Waals surface area contributed by atoms with Crippen LogP contribution >= 0.6 is 0 Å². The maximum atomic E-state index is 13.0. The predicted molar refractivity (Wildman–Crippen MR) is 210 cm³/mol. The van der Waals surface area contributed by atoms with Crippen LogP contribution in [0.25, 0.3) is 0 Å². The number of esters is 2. The smallest absolute Gasteiger partial charge is 0.308 e. The van der Waals surface area contributed by atoms with Crippen LogP contribution in [0.5, 0.6) is 0 Å². The van der Waals surface area contributed by atoms with E-state index in [9.17, 15) is 9.59 Å². The lowest BCUT2D eigenvalue weighted by Gasteiger charge is -2.19. The molecule has 0 aromatic carbocycles. The van der Waals surface area contributed by atoms with Gasteiger partial charge < -0.3 is 14.8 Å². The van der Waals surface area contributed by atoms with Crippen molar-refractivity contribution < 1.29 is 19.1 Å². The first-order valence-electron chi connectivity index (χ1n) is 22.1. The van der Waals surface area contributed by atoms with Gasteiger partial charge in [-0.15, -0.1) is 0 Å². The molecule has 0 radical (unpaired) electrons. The fraction of sp³-hybridized carbons (Fsp3) is 0.955. The molecule has 1 aliphatic rings. The maximum Gasteiger partial charge on any atom is 0.308 e. The first-order valence-corrected chi connectivity index (χ1v) is 22.1. The number of hydrogen-bond donors (Lipinski definition) is 1. The lowest BCUT2D eigenvalue weighted by Crippen LogP contribution is -2.19. The van der Waals surface area contributed by atoms with Crippen LogP contribution in [0.1, 0.15) is 220 Å². The van der Waals surface area contributed by atoms with Gasteiger partial charge in [0.15, 0.2) is 0 Å². The van der Waals surface area contributed by atoms with Gasteiger partial charge in [-0.05, 0) is 89.1 Å². The third-order valence-electron chi connectivity index (χ3n) is 11.2. The van der Waals surface area contributed by atoms with Gasteiger partial charge in [-0.3, -0.25) is 9.59 Å². The van der Waals surface area contributed by atoms with Gasteiger partial charge >= 0.3 is 11.9 Å². The highest BCUT2D eigenvalue weighted by Crippen LogP contribution is 2.28. The van der Waals surface area contributed by atoms with Crippen LogP contribution in [0, 0.1) is 23.7 Å². The Kier molecular flexibility index (Phi) is 31.9. The highest BCUT2D eigenvalue weighted by molar-refractivity contribution is 5.72. The molecule has 0 bridgehead atoms. The summed E-state index contributed by atoms with van der Waals surface area (Å²) in [6.07, 6.45) is 35.7. The molecule has 1 heterocycles. The van der Waals surface area contributed by atoms with E-state index >= 15 is 0 Å². The van der Waals surface area contributed by atoms with E-state index in [2.05, 4.69) is 33.0 Å². The average Bonchev–Trinajstić information content (AvgIpc) is 3.56. The highest BCUT2D eigenvalue weighted by atomic mass is 16.5. The van der Waals surface area contributed by atoms with E-state index in [1.807, 2.05) is 0 Å². The topological polar surface area (TPSA) is 64.6 Å². The second kappa shape index (κ2) is 34.0. The number of nitrogens with one attached hydrogen (secondary N) is 1.